The molecule has 3 nitrogen and oxygen atoms in total. The third-order valence-corrected chi connectivity index (χ3v) is 3.28. The van der Waals surface area contributed by atoms with Gasteiger partial charge in [-0.1, -0.05) is 19.4 Å². The molecule has 0 saturated carbocycles. The lowest BCUT2D eigenvalue weighted by Gasteiger charge is -2.08. The highest BCUT2D eigenvalue weighted by molar-refractivity contribution is 5.73. The standard InChI is InChI=1S/C15H22N2O/c1-10-7-8-14-13(9-10)17-15(18-14)11(2)5-4-6-12(3)16/h7-9,11-12H,4-6,16H2,1-3H3. The van der Waals surface area contributed by atoms with Crippen LogP contribution in [0.25, 0.3) is 11.1 Å². The number of oxazole rings is 1. The Bertz CT molecular complexity index is 516. The predicted molar refractivity (Wildman–Crippen MR) is 74.7 cm³/mol. The third-order valence-electron chi connectivity index (χ3n) is 3.28. The quantitative estimate of drug-likeness (QED) is 0.874. The number of aromatic nitrogens is 1. The van der Waals surface area contributed by atoms with Crippen molar-refractivity contribution in [1.82, 2.24) is 4.98 Å². The number of rotatable bonds is 5. The minimum atomic E-state index is 0.281. The molecule has 0 saturated heterocycles. The molecule has 2 rings (SSSR count). The Hall–Kier alpha value is -1.35. The molecule has 18 heavy (non-hydrogen) atoms. The summed E-state index contributed by atoms with van der Waals surface area (Å²) in [6, 6.07) is 6.40. The minimum absolute atomic E-state index is 0.281. The predicted octanol–water partition coefficient (Wildman–Crippen LogP) is 3.76. The molecule has 1 heterocycles. The number of benzene rings is 1. The molecule has 0 bridgehead atoms. The van der Waals surface area contributed by atoms with Gasteiger partial charge in [-0.25, -0.2) is 4.98 Å². The van der Waals surface area contributed by atoms with Crippen molar-refractivity contribution < 1.29 is 4.42 Å². The van der Waals surface area contributed by atoms with Crippen LogP contribution in [-0.4, -0.2) is 11.0 Å². The average Bonchev–Trinajstić information content (AvgIpc) is 2.71. The fourth-order valence-electron chi connectivity index (χ4n) is 2.14. The molecule has 2 unspecified atom stereocenters. The number of nitrogens with two attached hydrogens (primary N) is 1. The monoisotopic (exact) mass is 246 g/mol. The smallest absolute Gasteiger partial charge is 0.198 e. The summed E-state index contributed by atoms with van der Waals surface area (Å²) in [5.41, 5.74) is 8.82. The summed E-state index contributed by atoms with van der Waals surface area (Å²) in [6.45, 7) is 6.28. The molecule has 0 radical (unpaired) electrons. The van der Waals surface area contributed by atoms with E-state index in [9.17, 15) is 0 Å². The van der Waals surface area contributed by atoms with E-state index in [1.807, 2.05) is 13.0 Å². The van der Waals surface area contributed by atoms with Gasteiger partial charge in [0.05, 0.1) is 0 Å². The lowest BCUT2D eigenvalue weighted by Crippen LogP contribution is -2.14. The van der Waals surface area contributed by atoms with E-state index in [0.717, 1.165) is 36.3 Å². The largest absolute Gasteiger partial charge is 0.440 e. The van der Waals surface area contributed by atoms with Crippen LogP contribution < -0.4 is 5.73 Å². The summed E-state index contributed by atoms with van der Waals surface area (Å²) in [4.78, 5) is 4.57. The second-order valence-corrected chi connectivity index (χ2v) is 5.33. The fourth-order valence-corrected chi connectivity index (χ4v) is 2.14. The van der Waals surface area contributed by atoms with Crippen molar-refractivity contribution in [1.29, 1.82) is 0 Å². The van der Waals surface area contributed by atoms with Crippen LogP contribution in [-0.2, 0) is 0 Å². The van der Waals surface area contributed by atoms with Crippen molar-refractivity contribution in [3.05, 3.63) is 29.7 Å². The summed E-state index contributed by atoms with van der Waals surface area (Å²) in [7, 11) is 0. The molecule has 98 valence electrons. The second-order valence-electron chi connectivity index (χ2n) is 5.33. The third kappa shape index (κ3) is 3.10. The minimum Gasteiger partial charge on any atom is -0.440 e. The SMILES string of the molecule is Cc1ccc2oc(C(C)CCCC(C)N)nc2c1. The summed E-state index contributed by atoms with van der Waals surface area (Å²) in [5, 5.41) is 0. The van der Waals surface area contributed by atoms with Gasteiger partial charge in [0, 0.05) is 12.0 Å². The Morgan fingerprint density at radius 1 is 1.28 bits per heavy atom. The van der Waals surface area contributed by atoms with Crippen molar-refractivity contribution >= 4 is 11.1 Å². The molecule has 0 aliphatic carbocycles. The number of fused-ring (bicyclic) bond motifs is 1. The first-order valence-electron chi connectivity index (χ1n) is 6.69. The molecule has 0 aliphatic rings. The van der Waals surface area contributed by atoms with Gasteiger partial charge < -0.3 is 10.2 Å². The number of nitrogens with zero attached hydrogens (tertiary/aromatic N) is 1. The van der Waals surface area contributed by atoms with Crippen molar-refractivity contribution in [2.24, 2.45) is 5.73 Å². The molecule has 2 atom stereocenters. The van der Waals surface area contributed by atoms with Gasteiger partial charge in [-0.15, -0.1) is 0 Å². The summed E-state index contributed by atoms with van der Waals surface area (Å²) in [6.07, 6.45) is 3.26. The van der Waals surface area contributed by atoms with Gasteiger partial charge in [-0.2, -0.15) is 0 Å². The summed E-state index contributed by atoms with van der Waals surface area (Å²) in [5.74, 6) is 1.21. The molecule has 2 N–H and O–H groups in total. The molecule has 1 aromatic carbocycles. The highest BCUT2D eigenvalue weighted by Crippen LogP contribution is 2.25. The van der Waals surface area contributed by atoms with Crippen LogP contribution in [0.4, 0.5) is 0 Å². The van der Waals surface area contributed by atoms with Crippen LogP contribution in [0.2, 0.25) is 0 Å². The van der Waals surface area contributed by atoms with Gasteiger partial charge in [0.15, 0.2) is 11.5 Å². The van der Waals surface area contributed by atoms with Crippen LogP contribution in [0.5, 0.6) is 0 Å². The van der Waals surface area contributed by atoms with Gasteiger partial charge >= 0.3 is 0 Å². The lowest BCUT2D eigenvalue weighted by molar-refractivity contribution is 0.452. The van der Waals surface area contributed by atoms with Crippen LogP contribution >= 0.6 is 0 Å². The summed E-state index contributed by atoms with van der Waals surface area (Å²) < 4.78 is 5.80. The van der Waals surface area contributed by atoms with E-state index in [4.69, 9.17) is 10.2 Å². The van der Waals surface area contributed by atoms with Crippen molar-refractivity contribution in [2.75, 3.05) is 0 Å². The molecule has 0 amide bonds. The first-order chi connectivity index (χ1) is 8.56. The lowest BCUT2D eigenvalue weighted by atomic mass is 10.0. The van der Waals surface area contributed by atoms with E-state index in [1.165, 1.54) is 5.56 Å². The molecular formula is C15H22N2O. The average molecular weight is 246 g/mol. The van der Waals surface area contributed by atoms with E-state index in [2.05, 4.69) is 31.0 Å². The Morgan fingerprint density at radius 3 is 2.78 bits per heavy atom. The number of hydrogen-bond acceptors (Lipinski definition) is 3. The van der Waals surface area contributed by atoms with Gasteiger partial charge in [0.25, 0.3) is 0 Å². The van der Waals surface area contributed by atoms with E-state index >= 15 is 0 Å². The van der Waals surface area contributed by atoms with Gasteiger partial charge in [0.1, 0.15) is 5.52 Å². The first-order valence-corrected chi connectivity index (χ1v) is 6.69. The van der Waals surface area contributed by atoms with Gasteiger partial charge in [-0.05, 0) is 44.4 Å². The maximum Gasteiger partial charge on any atom is 0.198 e. The molecule has 0 fully saturated rings. The normalized spacial score (nSPS) is 14.9. The Morgan fingerprint density at radius 2 is 2.06 bits per heavy atom. The van der Waals surface area contributed by atoms with Crippen molar-refractivity contribution in [3.8, 4) is 0 Å². The highest BCUT2D eigenvalue weighted by atomic mass is 16.3. The molecule has 0 aliphatic heterocycles. The summed E-state index contributed by atoms with van der Waals surface area (Å²) >= 11 is 0. The Labute approximate surface area is 108 Å². The van der Waals surface area contributed by atoms with Crippen molar-refractivity contribution in [2.45, 2.75) is 52.0 Å². The van der Waals surface area contributed by atoms with Crippen LogP contribution in [0.3, 0.4) is 0 Å². The number of aryl methyl sites for hydroxylation is 1. The van der Waals surface area contributed by atoms with Crippen LogP contribution in [0, 0.1) is 6.92 Å². The van der Waals surface area contributed by atoms with Crippen LogP contribution in [0.1, 0.15) is 50.5 Å². The molecule has 1 aromatic heterocycles. The van der Waals surface area contributed by atoms with Gasteiger partial charge in [0.2, 0.25) is 0 Å². The van der Waals surface area contributed by atoms with E-state index < -0.39 is 0 Å². The second kappa shape index (κ2) is 5.53. The zero-order chi connectivity index (χ0) is 13.1. The molecule has 2 aromatic rings. The van der Waals surface area contributed by atoms with Crippen molar-refractivity contribution in [3.63, 3.8) is 0 Å². The maximum absolute atomic E-state index is 5.80. The first kappa shape index (κ1) is 13.1. The Balaban J connectivity index is 2.06. The Kier molecular flexibility index (Phi) is 4.02. The van der Waals surface area contributed by atoms with E-state index in [-0.39, 0.29) is 6.04 Å². The highest BCUT2D eigenvalue weighted by Gasteiger charge is 2.13. The molecule has 0 spiro atoms. The maximum atomic E-state index is 5.80. The van der Waals surface area contributed by atoms with Gasteiger partial charge in [-0.3, -0.25) is 0 Å². The zero-order valence-electron chi connectivity index (χ0n) is 11.4. The topological polar surface area (TPSA) is 52.0 Å². The molecule has 3 heteroatoms. The van der Waals surface area contributed by atoms with Crippen LogP contribution in [0.15, 0.2) is 22.6 Å². The zero-order valence-corrected chi connectivity index (χ0v) is 11.4. The number of hydrogen-bond donors (Lipinski definition) is 1. The van der Waals surface area contributed by atoms with E-state index in [0.29, 0.717) is 5.92 Å². The van der Waals surface area contributed by atoms with E-state index in [1.54, 1.807) is 0 Å². The molecular weight excluding hydrogens is 224 g/mol. The fraction of sp³-hybridized carbons (Fsp3) is 0.533.